The van der Waals surface area contributed by atoms with Gasteiger partial charge in [-0.1, -0.05) is 27.7 Å². The second-order valence-electron chi connectivity index (χ2n) is 5.35. The minimum atomic E-state index is -0.436. The Labute approximate surface area is 108 Å². The van der Waals surface area contributed by atoms with Crippen LogP contribution in [0.5, 0.6) is 0 Å². The molecule has 1 aromatic heterocycles. The number of carbonyl (C=O) groups excluding carboxylic acids is 2. The molecule has 0 bridgehead atoms. The average Bonchev–Trinajstić information content (AvgIpc) is 2.65. The summed E-state index contributed by atoms with van der Waals surface area (Å²) in [6.45, 7) is 7.53. The van der Waals surface area contributed by atoms with Gasteiger partial charge in [0.2, 0.25) is 0 Å². The van der Waals surface area contributed by atoms with Crippen LogP contribution in [-0.2, 0) is 18.3 Å². The highest BCUT2D eigenvalue weighted by Gasteiger charge is 2.22. The van der Waals surface area contributed by atoms with Gasteiger partial charge in [-0.05, 0) is 12.5 Å². The molecule has 100 valence electrons. The minimum absolute atomic E-state index is 0.00809. The lowest BCUT2D eigenvalue weighted by Gasteiger charge is -2.16. The molecule has 0 aliphatic heterocycles. The zero-order valence-corrected chi connectivity index (χ0v) is 11.7. The van der Waals surface area contributed by atoms with Gasteiger partial charge in [-0.2, -0.15) is 5.10 Å². The topological polar surface area (TPSA) is 64.0 Å². The molecular weight excluding hydrogens is 230 g/mol. The first-order valence-electron chi connectivity index (χ1n) is 6.10. The third-order valence-electron chi connectivity index (χ3n) is 2.77. The maximum absolute atomic E-state index is 11.9. The molecule has 0 spiro atoms. The molecule has 0 aliphatic rings. The Morgan fingerprint density at radius 3 is 2.44 bits per heavy atom. The van der Waals surface area contributed by atoms with Crippen LogP contribution >= 0.6 is 0 Å². The summed E-state index contributed by atoms with van der Waals surface area (Å²) in [5, 5.41) is 6.83. The number of nitrogens with zero attached hydrogens (tertiary/aromatic N) is 2. The lowest BCUT2D eigenvalue weighted by molar-refractivity contribution is -0.125. The number of hydrogen-bond donors (Lipinski definition) is 1. The van der Waals surface area contributed by atoms with Crippen molar-refractivity contribution >= 4 is 11.7 Å². The number of nitrogens with one attached hydrogen (secondary N) is 1. The smallest absolute Gasteiger partial charge is 0.269 e. The first kappa shape index (κ1) is 14.4. The molecule has 0 atom stereocenters. The van der Waals surface area contributed by atoms with Gasteiger partial charge in [0.15, 0.2) is 5.78 Å². The molecular formula is C13H21N3O2. The zero-order chi connectivity index (χ0) is 13.9. The Bertz CT molecular complexity index is 455. The van der Waals surface area contributed by atoms with Crippen molar-refractivity contribution in [3.8, 4) is 0 Å². The number of aromatic nitrogens is 2. The normalized spacial score (nSPS) is 11.4. The number of hydrogen-bond acceptors (Lipinski definition) is 3. The van der Waals surface area contributed by atoms with Crippen molar-refractivity contribution in [2.45, 2.75) is 34.1 Å². The van der Waals surface area contributed by atoms with Gasteiger partial charge in [0.25, 0.3) is 5.91 Å². The molecule has 1 rings (SSSR count). The summed E-state index contributed by atoms with van der Waals surface area (Å²) >= 11 is 0. The molecule has 0 unspecified atom stereocenters. The highest BCUT2D eigenvalue weighted by Crippen LogP contribution is 2.13. The quantitative estimate of drug-likeness (QED) is 0.878. The van der Waals surface area contributed by atoms with Crippen LogP contribution in [0, 0.1) is 5.41 Å². The predicted molar refractivity (Wildman–Crippen MR) is 69.4 cm³/mol. The number of Topliss-reactive ketones (excluding diaryl/α,β-unsaturated/α-hetero) is 1. The zero-order valence-electron chi connectivity index (χ0n) is 11.7. The molecule has 5 nitrogen and oxygen atoms in total. The molecule has 1 heterocycles. The van der Waals surface area contributed by atoms with Gasteiger partial charge in [-0.15, -0.1) is 0 Å². The molecule has 0 fully saturated rings. The number of aryl methyl sites for hydroxylation is 2. The van der Waals surface area contributed by atoms with Gasteiger partial charge in [0.1, 0.15) is 5.69 Å². The van der Waals surface area contributed by atoms with Crippen LogP contribution in [0.3, 0.4) is 0 Å². The number of amides is 1. The first-order chi connectivity index (χ1) is 8.25. The Morgan fingerprint density at radius 2 is 2.00 bits per heavy atom. The van der Waals surface area contributed by atoms with Crippen LogP contribution in [0.25, 0.3) is 0 Å². The van der Waals surface area contributed by atoms with E-state index in [2.05, 4.69) is 10.4 Å². The second-order valence-corrected chi connectivity index (χ2v) is 5.35. The Morgan fingerprint density at radius 1 is 1.39 bits per heavy atom. The van der Waals surface area contributed by atoms with Gasteiger partial charge in [-0.3, -0.25) is 14.3 Å². The maximum Gasteiger partial charge on any atom is 0.269 e. The van der Waals surface area contributed by atoms with Crippen LogP contribution in [0.1, 0.15) is 43.9 Å². The van der Waals surface area contributed by atoms with Gasteiger partial charge in [-0.25, -0.2) is 0 Å². The Hall–Kier alpha value is -1.65. The predicted octanol–water partition coefficient (Wildman–Crippen LogP) is 1.33. The van der Waals surface area contributed by atoms with Crippen molar-refractivity contribution < 1.29 is 9.59 Å². The van der Waals surface area contributed by atoms with Crippen molar-refractivity contribution in [3.63, 3.8) is 0 Å². The van der Waals surface area contributed by atoms with E-state index in [0.29, 0.717) is 5.69 Å². The summed E-state index contributed by atoms with van der Waals surface area (Å²) in [6, 6.07) is 1.75. The summed E-state index contributed by atoms with van der Waals surface area (Å²) in [5.41, 5.74) is 0.910. The van der Waals surface area contributed by atoms with E-state index < -0.39 is 5.41 Å². The molecule has 0 saturated heterocycles. The molecule has 5 heteroatoms. The summed E-state index contributed by atoms with van der Waals surface area (Å²) in [5.74, 6) is -0.254. The molecule has 0 aromatic carbocycles. The SMILES string of the molecule is CCc1cc(C(=O)NCC(=O)C(C)(C)C)n(C)n1. The van der Waals surface area contributed by atoms with E-state index >= 15 is 0 Å². The monoisotopic (exact) mass is 251 g/mol. The lowest BCUT2D eigenvalue weighted by atomic mass is 9.91. The Balaban J connectivity index is 2.66. The van der Waals surface area contributed by atoms with Crippen molar-refractivity contribution in [1.29, 1.82) is 0 Å². The van der Waals surface area contributed by atoms with Crippen LogP contribution < -0.4 is 5.32 Å². The molecule has 1 amide bonds. The van der Waals surface area contributed by atoms with Crippen LogP contribution in [0.2, 0.25) is 0 Å². The van der Waals surface area contributed by atoms with E-state index in [1.807, 2.05) is 27.7 Å². The first-order valence-corrected chi connectivity index (χ1v) is 6.10. The molecule has 0 saturated carbocycles. The minimum Gasteiger partial charge on any atom is -0.344 e. The van der Waals surface area contributed by atoms with Crippen LogP contribution in [0.15, 0.2) is 6.07 Å². The van der Waals surface area contributed by atoms with Gasteiger partial charge < -0.3 is 5.32 Å². The summed E-state index contributed by atoms with van der Waals surface area (Å²) in [7, 11) is 1.72. The van der Waals surface area contributed by atoms with E-state index in [9.17, 15) is 9.59 Å². The highest BCUT2D eigenvalue weighted by molar-refractivity contribution is 5.96. The van der Waals surface area contributed by atoms with Crippen LogP contribution in [0.4, 0.5) is 0 Å². The fourth-order valence-electron chi connectivity index (χ4n) is 1.43. The molecule has 1 aromatic rings. The third kappa shape index (κ3) is 3.42. The van der Waals surface area contributed by atoms with Crippen molar-refractivity contribution in [3.05, 3.63) is 17.5 Å². The second kappa shape index (κ2) is 5.33. The summed E-state index contributed by atoms with van der Waals surface area (Å²) < 4.78 is 1.54. The number of carbonyl (C=O) groups is 2. The van der Waals surface area contributed by atoms with Crippen molar-refractivity contribution in [2.75, 3.05) is 6.54 Å². The molecule has 0 radical (unpaired) electrons. The van der Waals surface area contributed by atoms with Gasteiger partial charge in [0.05, 0.1) is 12.2 Å². The van der Waals surface area contributed by atoms with E-state index in [1.165, 1.54) is 4.68 Å². The van der Waals surface area contributed by atoms with Gasteiger partial charge in [0, 0.05) is 12.5 Å². The summed E-state index contributed by atoms with van der Waals surface area (Å²) in [6.07, 6.45) is 0.780. The average molecular weight is 251 g/mol. The Kier molecular flexibility index (Phi) is 4.27. The van der Waals surface area contributed by atoms with Gasteiger partial charge >= 0.3 is 0 Å². The number of rotatable bonds is 4. The fourth-order valence-corrected chi connectivity index (χ4v) is 1.43. The number of ketones is 1. The maximum atomic E-state index is 11.9. The lowest BCUT2D eigenvalue weighted by Crippen LogP contribution is -2.36. The van der Waals surface area contributed by atoms with Crippen LogP contribution in [-0.4, -0.2) is 28.0 Å². The fraction of sp³-hybridized carbons (Fsp3) is 0.615. The van der Waals surface area contributed by atoms with Crippen molar-refractivity contribution in [1.82, 2.24) is 15.1 Å². The third-order valence-corrected chi connectivity index (χ3v) is 2.77. The highest BCUT2D eigenvalue weighted by atomic mass is 16.2. The standard InChI is InChI=1S/C13H21N3O2/c1-6-9-7-10(16(5)15-9)12(18)14-8-11(17)13(2,3)4/h7H,6,8H2,1-5H3,(H,14,18). The summed E-state index contributed by atoms with van der Waals surface area (Å²) in [4.78, 5) is 23.6. The van der Waals surface area contributed by atoms with E-state index in [4.69, 9.17) is 0 Å². The van der Waals surface area contributed by atoms with E-state index in [0.717, 1.165) is 12.1 Å². The molecule has 1 N–H and O–H groups in total. The molecule has 18 heavy (non-hydrogen) atoms. The van der Waals surface area contributed by atoms with E-state index in [-0.39, 0.29) is 18.2 Å². The largest absolute Gasteiger partial charge is 0.344 e. The molecule has 0 aliphatic carbocycles. The van der Waals surface area contributed by atoms with Crippen molar-refractivity contribution in [2.24, 2.45) is 12.5 Å². The van der Waals surface area contributed by atoms with E-state index in [1.54, 1.807) is 13.1 Å².